The first-order valence-electron chi connectivity index (χ1n) is 9.88. The van der Waals surface area contributed by atoms with E-state index in [2.05, 4.69) is 48.3 Å². The van der Waals surface area contributed by atoms with Gasteiger partial charge in [0.1, 0.15) is 0 Å². The van der Waals surface area contributed by atoms with Crippen molar-refractivity contribution in [3.8, 4) is 0 Å². The Morgan fingerprint density at radius 2 is 2.04 bits per heavy atom. The van der Waals surface area contributed by atoms with Crippen LogP contribution in [-0.4, -0.2) is 19.0 Å². The lowest BCUT2D eigenvalue weighted by Crippen LogP contribution is -2.30. The summed E-state index contributed by atoms with van der Waals surface area (Å²) in [7, 11) is 0. The maximum absolute atomic E-state index is 12.4. The Morgan fingerprint density at radius 1 is 1.27 bits per heavy atom. The van der Waals surface area contributed by atoms with Gasteiger partial charge >= 0.3 is 0 Å². The standard InChI is InChI=1S/C23H34N2O/c1-6-23(4,5)22(26)24-20-11-8-12-21(17-20)25(7-2)15-9-10-19-14-13-18(3)16-19/h8,11-13,16-17H,6-7,9-10,14-15H2,1-5H3,(H,24,26). The molecule has 1 aliphatic rings. The number of carbonyl (C=O) groups excluding carboxylic acids is 1. The van der Waals surface area contributed by atoms with Crippen LogP contribution in [0.4, 0.5) is 11.4 Å². The van der Waals surface area contributed by atoms with Gasteiger partial charge in [-0.15, -0.1) is 0 Å². The summed E-state index contributed by atoms with van der Waals surface area (Å²) >= 11 is 0. The number of rotatable bonds is 9. The molecule has 0 saturated carbocycles. The van der Waals surface area contributed by atoms with Gasteiger partial charge in [-0.2, -0.15) is 0 Å². The van der Waals surface area contributed by atoms with Crippen molar-refractivity contribution in [2.75, 3.05) is 23.3 Å². The third-order valence-corrected chi connectivity index (χ3v) is 5.39. The number of anilines is 2. The molecule has 1 amide bonds. The molecule has 2 rings (SSSR count). The van der Waals surface area contributed by atoms with Crippen LogP contribution < -0.4 is 10.2 Å². The lowest BCUT2D eigenvalue weighted by Gasteiger charge is -2.25. The molecule has 1 aromatic carbocycles. The van der Waals surface area contributed by atoms with Crippen molar-refractivity contribution in [3.05, 3.63) is 47.6 Å². The van der Waals surface area contributed by atoms with Crippen LogP contribution >= 0.6 is 0 Å². The molecule has 0 radical (unpaired) electrons. The number of allylic oxidation sites excluding steroid dienone is 4. The average molecular weight is 355 g/mol. The summed E-state index contributed by atoms with van der Waals surface area (Å²) in [5.41, 5.74) is 4.65. The summed E-state index contributed by atoms with van der Waals surface area (Å²) in [4.78, 5) is 14.8. The van der Waals surface area contributed by atoms with Gasteiger partial charge in [-0.1, -0.05) is 50.1 Å². The van der Waals surface area contributed by atoms with Crippen molar-refractivity contribution in [1.29, 1.82) is 0 Å². The lowest BCUT2D eigenvalue weighted by atomic mass is 9.89. The zero-order valence-electron chi connectivity index (χ0n) is 17.1. The average Bonchev–Trinajstić information content (AvgIpc) is 3.04. The van der Waals surface area contributed by atoms with Crippen LogP contribution in [0.5, 0.6) is 0 Å². The highest BCUT2D eigenvalue weighted by molar-refractivity contribution is 5.95. The molecule has 1 aliphatic carbocycles. The molecule has 3 nitrogen and oxygen atoms in total. The summed E-state index contributed by atoms with van der Waals surface area (Å²) in [6.07, 6.45) is 8.88. The number of amides is 1. The highest BCUT2D eigenvalue weighted by Gasteiger charge is 2.25. The fourth-order valence-corrected chi connectivity index (χ4v) is 3.11. The Kier molecular flexibility index (Phi) is 7.07. The van der Waals surface area contributed by atoms with E-state index < -0.39 is 0 Å². The highest BCUT2D eigenvalue weighted by atomic mass is 16.2. The summed E-state index contributed by atoms with van der Waals surface area (Å²) in [6.45, 7) is 12.4. The Labute approximate surface area is 159 Å². The van der Waals surface area contributed by atoms with Crippen LogP contribution in [0.2, 0.25) is 0 Å². The molecule has 0 spiro atoms. The molecule has 0 aliphatic heterocycles. The van der Waals surface area contributed by atoms with Crippen LogP contribution in [0.1, 0.15) is 60.3 Å². The van der Waals surface area contributed by atoms with E-state index >= 15 is 0 Å². The van der Waals surface area contributed by atoms with Crippen LogP contribution in [0.15, 0.2) is 47.6 Å². The van der Waals surface area contributed by atoms with E-state index in [1.165, 1.54) is 11.3 Å². The molecule has 26 heavy (non-hydrogen) atoms. The van der Waals surface area contributed by atoms with E-state index in [0.29, 0.717) is 0 Å². The van der Waals surface area contributed by atoms with E-state index in [0.717, 1.165) is 44.5 Å². The number of hydrogen-bond acceptors (Lipinski definition) is 2. The topological polar surface area (TPSA) is 32.3 Å². The van der Waals surface area contributed by atoms with Crippen molar-refractivity contribution in [3.63, 3.8) is 0 Å². The van der Waals surface area contributed by atoms with Crippen LogP contribution in [0.25, 0.3) is 0 Å². The smallest absolute Gasteiger partial charge is 0.230 e. The van der Waals surface area contributed by atoms with Gasteiger partial charge in [0.15, 0.2) is 0 Å². The van der Waals surface area contributed by atoms with E-state index in [9.17, 15) is 4.79 Å². The first-order valence-corrected chi connectivity index (χ1v) is 9.88. The van der Waals surface area contributed by atoms with Crippen molar-refractivity contribution in [1.82, 2.24) is 0 Å². The summed E-state index contributed by atoms with van der Waals surface area (Å²) in [5.74, 6) is 0.0799. The minimum atomic E-state index is -0.346. The molecule has 0 atom stereocenters. The highest BCUT2D eigenvalue weighted by Crippen LogP contribution is 2.26. The van der Waals surface area contributed by atoms with Crippen molar-refractivity contribution >= 4 is 17.3 Å². The second-order valence-corrected chi connectivity index (χ2v) is 7.88. The normalized spacial score (nSPS) is 14.0. The molecule has 0 fully saturated rings. The fourth-order valence-electron chi connectivity index (χ4n) is 3.11. The third-order valence-electron chi connectivity index (χ3n) is 5.39. The minimum absolute atomic E-state index is 0.0799. The van der Waals surface area contributed by atoms with Crippen LogP contribution in [0.3, 0.4) is 0 Å². The molecule has 0 bridgehead atoms. The van der Waals surface area contributed by atoms with Gasteiger partial charge in [0.25, 0.3) is 0 Å². The van der Waals surface area contributed by atoms with Gasteiger partial charge in [-0.3, -0.25) is 4.79 Å². The zero-order valence-corrected chi connectivity index (χ0v) is 17.1. The maximum Gasteiger partial charge on any atom is 0.230 e. The first kappa shape index (κ1) is 20.3. The number of nitrogens with one attached hydrogen (secondary N) is 1. The van der Waals surface area contributed by atoms with E-state index in [1.54, 1.807) is 5.57 Å². The fraction of sp³-hybridized carbons (Fsp3) is 0.522. The first-order chi connectivity index (χ1) is 12.4. The van der Waals surface area contributed by atoms with E-state index in [-0.39, 0.29) is 11.3 Å². The monoisotopic (exact) mass is 354 g/mol. The molecule has 1 N–H and O–H groups in total. The minimum Gasteiger partial charge on any atom is -0.372 e. The van der Waals surface area contributed by atoms with Gasteiger partial charge in [-0.25, -0.2) is 0 Å². The lowest BCUT2D eigenvalue weighted by molar-refractivity contribution is -0.124. The van der Waals surface area contributed by atoms with Crippen LogP contribution in [0, 0.1) is 5.41 Å². The SMILES string of the molecule is CCN(CCCC1=CC(C)=CC1)c1cccc(NC(=O)C(C)(C)CC)c1. The predicted octanol–water partition coefficient (Wildman–Crippen LogP) is 5.94. The molecule has 142 valence electrons. The second kappa shape index (κ2) is 9.07. The summed E-state index contributed by atoms with van der Waals surface area (Å²) in [5, 5.41) is 3.08. The van der Waals surface area contributed by atoms with Gasteiger partial charge in [0.2, 0.25) is 5.91 Å². The molecule has 0 unspecified atom stereocenters. The number of nitrogens with zero attached hydrogens (tertiary/aromatic N) is 1. The quantitative estimate of drug-likeness (QED) is 0.595. The van der Waals surface area contributed by atoms with Crippen LogP contribution in [-0.2, 0) is 4.79 Å². The number of benzene rings is 1. The predicted molar refractivity (Wildman–Crippen MR) is 113 cm³/mol. The number of carbonyl (C=O) groups is 1. The Morgan fingerprint density at radius 3 is 2.65 bits per heavy atom. The number of hydrogen-bond donors (Lipinski definition) is 1. The van der Waals surface area contributed by atoms with Gasteiger partial charge in [-0.05, 0) is 57.7 Å². The van der Waals surface area contributed by atoms with E-state index in [4.69, 9.17) is 0 Å². The molecular formula is C23H34N2O. The van der Waals surface area contributed by atoms with Gasteiger partial charge in [0.05, 0.1) is 0 Å². The molecule has 3 heteroatoms. The van der Waals surface area contributed by atoms with Gasteiger partial charge in [0, 0.05) is 29.9 Å². The molecular weight excluding hydrogens is 320 g/mol. The van der Waals surface area contributed by atoms with Crippen molar-refractivity contribution in [2.45, 2.75) is 60.3 Å². The summed E-state index contributed by atoms with van der Waals surface area (Å²) in [6, 6.07) is 8.22. The summed E-state index contributed by atoms with van der Waals surface area (Å²) < 4.78 is 0. The Bertz CT molecular complexity index is 685. The Balaban J connectivity index is 1.95. The van der Waals surface area contributed by atoms with Gasteiger partial charge < -0.3 is 10.2 Å². The maximum atomic E-state index is 12.4. The third kappa shape index (κ3) is 5.48. The zero-order chi connectivity index (χ0) is 19.2. The molecule has 0 heterocycles. The largest absolute Gasteiger partial charge is 0.372 e. The van der Waals surface area contributed by atoms with E-state index in [1.807, 2.05) is 32.9 Å². The molecule has 1 aromatic rings. The Hall–Kier alpha value is -2.03. The second-order valence-electron chi connectivity index (χ2n) is 7.88. The van der Waals surface area contributed by atoms with Crippen molar-refractivity contribution in [2.24, 2.45) is 5.41 Å². The van der Waals surface area contributed by atoms with Crippen molar-refractivity contribution < 1.29 is 4.79 Å². The molecule has 0 aromatic heterocycles. The molecule has 0 saturated heterocycles.